The number of rotatable bonds is 15. The van der Waals surface area contributed by atoms with Crippen LogP contribution in [-0.4, -0.2) is 138 Å². The monoisotopic (exact) mass is 1020 g/mol. The van der Waals surface area contributed by atoms with E-state index in [1.165, 1.54) is 33.3 Å². The summed E-state index contributed by atoms with van der Waals surface area (Å²) in [7, 11) is 2.63. The van der Waals surface area contributed by atoms with Crippen LogP contribution in [0.5, 0.6) is 0 Å². The van der Waals surface area contributed by atoms with Gasteiger partial charge in [-0.3, -0.25) is 14.4 Å². The zero-order chi connectivity index (χ0) is 53.6. The molecule has 0 aliphatic carbocycles. The van der Waals surface area contributed by atoms with Crippen molar-refractivity contribution in [1.82, 2.24) is 4.98 Å². The molecule has 1 aromatic carbocycles. The van der Waals surface area contributed by atoms with Crippen molar-refractivity contribution in [3.8, 4) is 0 Å². The van der Waals surface area contributed by atoms with Crippen LogP contribution in [-0.2, 0) is 73.0 Å². The van der Waals surface area contributed by atoms with Gasteiger partial charge in [0, 0.05) is 87.2 Å². The first-order valence-electron chi connectivity index (χ1n) is 25.2. The van der Waals surface area contributed by atoms with E-state index in [4.69, 9.17) is 42.6 Å². The standard InChI is InChI=1S/C55H77NO17/c1-10-11-12-13-14-20-47(60)71-51-38(27-49(62)65-8)26-40-30-43(34-57)70-50(63)29-39(59)28-41-31-46(69-36(3)58)53(6,7)54(66-9,72-41)32-42(67-24-17-23-52(4,5)55(51,64)73-40)25-35(2)68-48(61)22-21-37-33-56-45-19-16-15-18-44(37)45/h12-20,23,27,33,35,39-43,46,51,56-57,59,64H,10-11,21-22,24-26,28-32,34H2,1-9H3/b13-12+,20-14+,23-17+,38-27+/t35-,39-,40+,41-,42+,43-,46+,51+,54+,55-/m1/s1. The topological polar surface area (TPSA) is 245 Å². The molecule has 18 heteroatoms. The Labute approximate surface area is 428 Å². The van der Waals surface area contributed by atoms with E-state index >= 15 is 0 Å². The van der Waals surface area contributed by atoms with Crippen molar-refractivity contribution in [1.29, 1.82) is 0 Å². The number of hydrogen-bond donors (Lipinski definition) is 4. The average molecular weight is 1020 g/mol. The van der Waals surface area contributed by atoms with E-state index in [1.807, 2.05) is 57.3 Å². The maximum Gasteiger partial charge on any atom is 0.331 e. The number of esters is 5. The molecule has 2 fully saturated rings. The Morgan fingerprint density at radius 3 is 2.41 bits per heavy atom. The molecule has 1 aromatic heterocycles. The van der Waals surface area contributed by atoms with Crippen molar-refractivity contribution in [3.63, 3.8) is 0 Å². The van der Waals surface area contributed by atoms with Crippen LogP contribution in [0.1, 0.15) is 118 Å². The Morgan fingerprint density at radius 1 is 0.959 bits per heavy atom. The molecule has 3 aliphatic rings. The molecule has 10 atom stereocenters. The number of fused-ring (bicyclic) bond motifs is 5. The van der Waals surface area contributed by atoms with Crippen LogP contribution >= 0.6 is 0 Å². The third-order valence-corrected chi connectivity index (χ3v) is 14.0. The number of hydrogen-bond acceptors (Lipinski definition) is 17. The van der Waals surface area contributed by atoms with Crippen molar-refractivity contribution in [2.24, 2.45) is 10.8 Å². The summed E-state index contributed by atoms with van der Waals surface area (Å²) in [5.41, 5.74) is -0.455. The maximum absolute atomic E-state index is 13.5. The molecular formula is C55H77NO17. The van der Waals surface area contributed by atoms with Crippen molar-refractivity contribution in [3.05, 3.63) is 84.1 Å². The van der Waals surface area contributed by atoms with Crippen molar-refractivity contribution in [2.75, 3.05) is 27.4 Å². The van der Waals surface area contributed by atoms with Gasteiger partial charge in [0.1, 0.15) is 18.3 Å². The summed E-state index contributed by atoms with van der Waals surface area (Å²) in [6.07, 6.45) is 5.79. The third-order valence-electron chi connectivity index (χ3n) is 14.0. The van der Waals surface area contributed by atoms with Crippen LogP contribution in [0.3, 0.4) is 0 Å². The predicted octanol–water partition coefficient (Wildman–Crippen LogP) is 6.72. The van der Waals surface area contributed by atoms with Gasteiger partial charge in [-0.25, -0.2) is 9.59 Å². The summed E-state index contributed by atoms with van der Waals surface area (Å²) >= 11 is 0. The lowest BCUT2D eigenvalue weighted by atomic mass is 9.70. The van der Waals surface area contributed by atoms with Gasteiger partial charge in [0.25, 0.3) is 0 Å². The summed E-state index contributed by atoms with van der Waals surface area (Å²) in [6, 6.07) is 7.82. The maximum atomic E-state index is 13.5. The number of aromatic nitrogens is 1. The highest BCUT2D eigenvalue weighted by molar-refractivity contribution is 5.85. The predicted molar refractivity (Wildman–Crippen MR) is 267 cm³/mol. The van der Waals surface area contributed by atoms with E-state index in [9.17, 15) is 39.3 Å². The summed E-state index contributed by atoms with van der Waals surface area (Å²) in [6.45, 7) is 11.2. The van der Waals surface area contributed by atoms with Gasteiger partial charge < -0.3 is 62.9 Å². The van der Waals surface area contributed by atoms with E-state index in [0.29, 0.717) is 6.42 Å². The van der Waals surface area contributed by atoms with Crippen LogP contribution in [0.2, 0.25) is 0 Å². The molecule has 3 aliphatic heterocycles. The first-order chi connectivity index (χ1) is 34.6. The Morgan fingerprint density at radius 2 is 1.71 bits per heavy atom. The van der Waals surface area contributed by atoms with Crippen LogP contribution in [0.15, 0.2) is 78.6 Å². The smallest absolute Gasteiger partial charge is 0.331 e. The van der Waals surface area contributed by atoms with Gasteiger partial charge in [-0.15, -0.1) is 0 Å². The number of carbonyl (C=O) groups is 5. The number of nitrogens with one attached hydrogen (secondary N) is 1. The van der Waals surface area contributed by atoms with Gasteiger partial charge in [-0.1, -0.05) is 89.6 Å². The minimum absolute atomic E-state index is 0.00880. The largest absolute Gasteiger partial charge is 0.466 e. The minimum Gasteiger partial charge on any atom is -0.466 e. The first kappa shape index (κ1) is 58.7. The Bertz CT molecular complexity index is 2310. The molecule has 2 aromatic rings. The Kier molecular flexibility index (Phi) is 21.2. The normalized spacial score (nSPS) is 30.5. The molecule has 18 nitrogen and oxygen atoms in total. The molecule has 404 valence electrons. The Balaban J connectivity index is 1.53. The molecule has 4 N–H and O–H groups in total. The van der Waals surface area contributed by atoms with E-state index < -0.39 is 114 Å². The number of unbranched alkanes of at least 4 members (excludes halogenated alkanes) is 1. The number of H-pyrrole nitrogens is 1. The van der Waals surface area contributed by atoms with Crippen molar-refractivity contribution < 1.29 is 81.9 Å². The van der Waals surface area contributed by atoms with E-state index in [2.05, 4.69) is 4.98 Å². The van der Waals surface area contributed by atoms with Gasteiger partial charge in [-0.05, 0) is 43.4 Å². The number of para-hydroxylation sites is 1. The second-order valence-corrected chi connectivity index (χ2v) is 20.3. The van der Waals surface area contributed by atoms with E-state index in [-0.39, 0.29) is 57.1 Å². The Hall–Kier alpha value is -5.21. The molecule has 73 heavy (non-hydrogen) atoms. The fraction of sp³-hybridized carbons (Fsp3) is 0.618. The fourth-order valence-electron chi connectivity index (χ4n) is 9.93. The molecule has 4 bridgehead atoms. The number of methoxy groups -OCH3 is 2. The third kappa shape index (κ3) is 15.4. The second-order valence-electron chi connectivity index (χ2n) is 20.3. The number of ether oxygens (including phenoxy) is 9. The van der Waals surface area contributed by atoms with Gasteiger partial charge >= 0.3 is 29.8 Å². The highest BCUT2D eigenvalue weighted by Crippen LogP contribution is 2.51. The molecular weight excluding hydrogens is 947 g/mol. The lowest BCUT2D eigenvalue weighted by molar-refractivity contribution is -0.357. The number of carbonyl (C=O) groups excluding carboxylic acids is 5. The molecule has 0 radical (unpaired) electrons. The molecule has 2 saturated heterocycles. The molecule has 0 amide bonds. The highest BCUT2D eigenvalue weighted by Gasteiger charge is 2.60. The molecule has 0 saturated carbocycles. The zero-order valence-corrected chi connectivity index (χ0v) is 43.8. The fourth-order valence-corrected chi connectivity index (χ4v) is 9.93. The molecule has 0 spiro atoms. The number of aryl methyl sites for hydroxylation is 1. The number of allylic oxidation sites excluding steroid dienone is 3. The van der Waals surface area contributed by atoms with Crippen LogP contribution in [0, 0.1) is 10.8 Å². The number of aliphatic hydroxyl groups excluding tert-OH is 2. The lowest BCUT2D eigenvalue weighted by Gasteiger charge is -2.55. The SMILES string of the molecule is CCC/C=C/C=C/C(=O)O[C@H]1/C(=C/C(=O)OC)C[C@H]2C[C@H](CO)OC(=O)C[C@H](O)C[C@@H]3C[C@H](OC(C)=O)C(C)(C)[C@](OC)(C[C@H](C[C@@H](C)OC(=O)CCc4c[nH]c5ccccc45)OC/C=C/C(C)(C)[C@]1(O)O2)O3. The van der Waals surface area contributed by atoms with E-state index in [1.54, 1.807) is 39.0 Å². The van der Waals surface area contributed by atoms with Crippen LogP contribution in [0.25, 0.3) is 10.9 Å². The zero-order valence-electron chi connectivity index (χ0n) is 43.8. The summed E-state index contributed by atoms with van der Waals surface area (Å²) < 4.78 is 54.7. The second kappa shape index (κ2) is 26.3. The number of benzene rings is 1. The quantitative estimate of drug-likeness (QED) is 0.0476. The summed E-state index contributed by atoms with van der Waals surface area (Å²) in [5.74, 6) is -7.47. The number of cyclic esters (lactones) is 1. The van der Waals surface area contributed by atoms with Crippen molar-refractivity contribution >= 4 is 40.7 Å². The number of aliphatic hydroxyl groups is 3. The molecule has 4 heterocycles. The van der Waals surface area contributed by atoms with Crippen LogP contribution < -0.4 is 0 Å². The van der Waals surface area contributed by atoms with Gasteiger partial charge in [0.15, 0.2) is 11.9 Å². The van der Waals surface area contributed by atoms with Crippen molar-refractivity contribution in [2.45, 2.75) is 180 Å². The highest BCUT2D eigenvalue weighted by atomic mass is 16.7. The van der Waals surface area contributed by atoms with Gasteiger partial charge in [0.2, 0.25) is 5.79 Å². The lowest BCUT2D eigenvalue weighted by Crippen LogP contribution is -2.63. The average Bonchev–Trinajstić information content (AvgIpc) is 3.74. The first-order valence-corrected chi connectivity index (χ1v) is 25.2. The van der Waals surface area contributed by atoms with Gasteiger partial charge in [0.05, 0.1) is 56.6 Å². The number of aromatic amines is 1. The van der Waals surface area contributed by atoms with E-state index in [0.717, 1.165) is 35.4 Å². The van der Waals surface area contributed by atoms with Gasteiger partial charge in [-0.2, -0.15) is 0 Å². The summed E-state index contributed by atoms with van der Waals surface area (Å²) in [4.78, 5) is 69.1. The molecule has 5 rings (SSSR count). The van der Waals surface area contributed by atoms with Crippen LogP contribution in [0.4, 0.5) is 0 Å². The summed E-state index contributed by atoms with van der Waals surface area (Å²) in [5, 5.41) is 35.8. The minimum atomic E-state index is -2.43. The molecule has 0 unspecified atom stereocenters.